The van der Waals surface area contributed by atoms with Crippen LogP contribution in [0.1, 0.15) is 74.6 Å². The number of carbonyl (C=O) groups is 10. The van der Waals surface area contributed by atoms with Crippen molar-refractivity contribution in [3.8, 4) is 0 Å². The van der Waals surface area contributed by atoms with Crippen LogP contribution in [0.2, 0.25) is 0 Å². The van der Waals surface area contributed by atoms with Crippen LogP contribution < -0.4 is 54.1 Å². The number of primary amides is 1. The summed E-state index contributed by atoms with van der Waals surface area (Å²) in [6.45, 7) is -0.311. The van der Waals surface area contributed by atoms with Crippen molar-refractivity contribution >= 4 is 70.1 Å². The maximum atomic E-state index is 14.5. The molecule has 76 heavy (non-hydrogen) atoms. The van der Waals surface area contributed by atoms with Crippen molar-refractivity contribution in [1.29, 1.82) is 0 Å². The molecule has 19 N–H and O–H groups in total. The Morgan fingerprint density at radius 2 is 1.32 bits per heavy atom. The minimum absolute atomic E-state index is 0.0283. The third-order valence-corrected chi connectivity index (χ3v) is 12.9. The lowest BCUT2D eigenvalue weighted by atomic mass is 10.0. The molecule has 0 bridgehead atoms. The van der Waals surface area contributed by atoms with Gasteiger partial charge in [-0.25, -0.2) is 9.78 Å². The number of amides is 8. The first kappa shape index (κ1) is 58.7. The number of nitrogens with two attached hydrogens (primary N) is 2. The van der Waals surface area contributed by atoms with E-state index in [-0.39, 0.29) is 45.1 Å². The van der Waals surface area contributed by atoms with Crippen molar-refractivity contribution in [3.05, 3.63) is 90.1 Å². The molecule has 0 saturated carbocycles. The average Bonchev–Trinajstić information content (AvgIpc) is 4.20. The molecule has 5 rings (SSSR count). The van der Waals surface area contributed by atoms with E-state index in [9.17, 15) is 63.3 Å². The zero-order chi connectivity index (χ0) is 55.3. The number of rotatable bonds is 31. The number of fused-ring (bicyclic) bond motifs is 1. The Kier molecular flexibility index (Phi) is 22.4. The number of aromatic nitrogens is 3. The van der Waals surface area contributed by atoms with Crippen LogP contribution in [0.15, 0.2) is 73.3 Å². The number of carboxylic acid groups (broad SMARTS) is 2. The predicted molar refractivity (Wildman–Crippen MR) is 269 cm³/mol. The Hall–Kier alpha value is -8.23. The number of para-hydroxylation sites is 1. The highest BCUT2D eigenvalue weighted by atomic mass is 16.4. The number of carboxylic acids is 2. The molecule has 410 valence electrons. The van der Waals surface area contributed by atoms with E-state index in [4.69, 9.17) is 11.5 Å². The maximum absolute atomic E-state index is 14.5. The molecule has 26 heteroatoms. The molecular formula is C50H69N13O13+2. The number of aliphatic hydroxyl groups excluding tert-OH is 1. The van der Waals surface area contributed by atoms with Crippen LogP contribution in [0.5, 0.6) is 0 Å². The van der Waals surface area contributed by atoms with Gasteiger partial charge in [0, 0.05) is 49.3 Å². The van der Waals surface area contributed by atoms with E-state index < -0.39 is 133 Å². The van der Waals surface area contributed by atoms with Gasteiger partial charge in [0.25, 0.3) is 0 Å². The first-order chi connectivity index (χ1) is 36.4. The minimum atomic E-state index is -1.57. The molecule has 1 aliphatic heterocycles. The van der Waals surface area contributed by atoms with E-state index in [2.05, 4.69) is 52.6 Å². The zero-order valence-electron chi connectivity index (χ0n) is 41.9. The number of quaternary nitrogens is 1. The van der Waals surface area contributed by atoms with Crippen molar-refractivity contribution < 1.29 is 74.0 Å². The number of hydrogen-bond acceptors (Lipinski definition) is 12. The van der Waals surface area contributed by atoms with Gasteiger partial charge >= 0.3 is 11.9 Å². The quantitative estimate of drug-likeness (QED) is 0.0215. The van der Waals surface area contributed by atoms with Gasteiger partial charge in [0.15, 0.2) is 0 Å². The van der Waals surface area contributed by atoms with Gasteiger partial charge in [-0.2, -0.15) is 0 Å². The van der Waals surface area contributed by atoms with Crippen molar-refractivity contribution in [2.75, 3.05) is 19.7 Å². The minimum Gasteiger partial charge on any atom is -0.481 e. The number of H-pyrrole nitrogens is 3. The van der Waals surface area contributed by atoms with Crippen LogP contribution in [0.25, 0.3) is 10.9 Å². The van der Waals surface area contributed by atoms with Crippen molar-refractivity contribution in [2.45, 2.75) is 125 Å². The SMILES string of the molecule is NC(=O)CC[C@H](NC(=O)[C@@H]1CCCN1C(=O)[C@H](Cc1c[nH+]c[nH]1)NC(=O)[C@H](CO)NC(=O)[C@@H](N)Cc1c[nH]c2ccccc12)C(=O)N[C@@H](Cc1ccccc1)C(=O)N[C@@H](CCC(=O)O)C(=O)N[C@@H](CCCC[NH3+])C(=O)O. The Labute approximate surface area is 436 Å². The van der Waals surface area contributed by atoms with Crippen LogP contribution in [0.4, 0.5) is 0 Å². The molecule has 0 unspecified atom stereocenters. The van der Waals surface area contributed by atoms with Gasteiger partial charge in [-0.3, -0.25) is 48.1 Å². The largest absolute Gasteiger partial charge is 0.481 e. The fourth-order valence-corrected chi connectivity index (χ4v) is 8.75. The Bertz CT molecular complexity index is 2650. The van der Waals surface area contributed by atoms with Crippen LogP contribution in [-0.2, 0) is 67.2 Å². The second kappa shape index (κ2) is 29.0. The lowest BCUT2D eigenvalue weighted by Crippen LogP contribution is -2.60. The summed E-state index contributed by atoms with van der Waals surface area (Å²) in [6, 6.07) is 4.49. The molecule has 2 aromatic heterocycles. The Balaban J connectivity index is 1.32. The van der Waals surface area contributed by atoms with E-state index in [1.165, 1.54) is 17.4 Å². The summed E-state index contributed by atoms with van der Waals surface area (Å²) in [6.07, 6.45) is 4.07. The normalized spacial score (nSPS) is 15.9. The number of nitrogens with zero attached hydrogens (tertiary/aromatic N) is 1. The van der Waals surface area contributed by atoms with E-state index in [0.717, 1.165) is 16.5 Å². The maximum Gasteiger partial charge on any atom is 0.326 e. The van der Waals surface area contributed by atoms with Crippen LogP contribution in [0, 0.1) is 0 Å². The number of aliphatic hydroxyl groups is 1. The van der Waals surface area contributed by atoms with Gasteiger partial charge in [0.05, 0.1) is 19.2 Å². The van der Waals surface area contributed by atoms with E-state index in [0.29, 0.717) is 37.1 Å². The third-order valence-electron chi connectivity index (χ3n) is 12.9. The van der Waals surface area contributed by atoms with E-state index in [1.807, 2.05) is 24.3 Å². The van der Waals surface area contributed by atoms with Gasteiger partial charge in [-0.1, -0.05) is 48.5 Å². The number of imidazole rings is 1. The predicted octanol–water partition coefficient (Wildman–Crippen LogP) is -3.82. The van der Waals surface area contributed by atoms with Crippen molar-refractivity contribution in [1.82, 2.24) is 46.8 Å². The standard InChI is InChI=1S/C50H67N13O13/c51-19-7-6-13-36(50(75)76)59-44(69)35(16-18-42(66)67)57-46(71)37(21-28-9-2-1-3-10-28)60-45(70)34(15-17-41(53)65)58-48(73)40-14-8-20-63(40)49(74)38(23-30-25-54-27-56-30)61-47(72)39(26-64)62-43(68)32(52)22-29-24-55-33-12-5-4-11-31(29)33/h1-5,9-12,24-25,27,32,34-40,55,64H,6-8,13-23,26,51-52H2,(H2,53,65)(H,54,56)(H,57,71)(H,58,73)(H,59,69)(H,60,70)(H,61,72)(H,62,68)(H,66,67)(H,75,76)/p+2/t32-,34-,35-,36-,37-,38-,39-,40-/m0/s1. The van der Waals surface area contributed by atoms with E-state index >= 15 is 0 Å². The molecule has 3 heterocycles. The zero-order valence-corrected chi connectivity index (χ0v) is 41.9. The topological polar surface area (TPSA) is 432 Å². The molecule has 1 aliphatic rings. The smallest absolute Gasteiger partial charge is 0.326 e. The summed E-state index contributed by atoms with van der Waals surface area (Å²) in [5.74, 6) is -9.66. The molecule has 1 fully saturated rings. The van der Waals surface area contributed by atoms with Crippen LogP contribution >= 0.6 is 0 Å². The lowest BCUT2D eigenvalue weighted by molar-refractivity contribution is -0.376. The molecule has 8 amide bonds. The molecule has 0 aliphatic carbocycles. The van der Waals surface area contributed by atoms with Crippen molar-refractivity contribution in [3.63, 3.8) is 0 Å². The van der Waals surface area contributed by atoms with Gasteiger partial charge in [0.1, 0.15) is 54.2 Å². The number of likely N-dealkylation sites (tertiary alicyclic amines) is 1. The summed E-state index contributed by atoms with van der Waals surface area (Å²) in [5.41, 5.74) is 18.0. The Morgan fingerprint density at radius 3 is 1.97 bits per heavy atom. The number of aliphatic carboxylic acids is 2. The highest BCUT2D eigenvalue weighted by molar-refractivity contribution is 5.98. The summed E-state index contributed by atoms with van der Waals surface area (Å²) < 4.78 is 0. The number of unbranched alkanes of at least 4 members (excludes halogenated alkanes) is 1. The van der Waals surface area contributed by atoms with Gasteiger partial charge in [0.2, 0.25) is 53.6 Å². The third kappa shape index (κ3) is 17.4. The second-order valence-corrected chi connectivity index (χ2v) is 18.6. The number of benzene rings is 2. The van der Waals surface area contributed by atoms with Crippen LogP contribution in [0.3, 0.4) is 0 Å². The molecule has 0 radical (unpaired) electrons. The van der Waals surface area contributed by atoms with Gasteiger partial charge < -0.3 is 74.3 Å². The van der Waals surface area contributed by atoms with Crippen molar-refractivity contribution in [2.24, 2.45) is 11.5 Å². The van der Waals surface area contributed by atoms with Gasteiger partial charge in [-0.15, -0.1) is 0 Å². The number of nitrogens with one attached hydrogen (secondary N) is 9. The number of hydrogen-bond donors (Lipinski definition) is 14. The first-order valence-electron chi connectivity index (χ1n) is 25.0. The molecular weight excluding hydrogens is 991 g/mol. The highest BCUT2D eigenvalue weighted by Gasteiger charge is 2.41. The second-order valence-electron chi connectivity index (χ2n) is 18.6. The fraction of sp³-hybridized carbons (Fsp3) is 0.460. The average molecular weight is 1060 g/mol. The Morgan fingerprint density at radius 1 is 0.697 bits per heavy atom. The lowest BCUT2D eigenvalue weighted by Gasteiger charge is -2.30. The highest BCUT2D eigenvalue weighted by Crippen LogP contribution is 2.21. The number of carbonyl (C=O) groups excluding carboxylic acids is 8. The van der Waals surface area contributed by atoms with Gasteiger partial charge in [-0.05, 0) is 68.6 Å². The van der Waals surface area contributed by atoms with Crippen LogP contribution in [-0.4, -0.2) is 157 Å². The summed E-state index contributed by atoms with van der Waals surface area (Å²) in [5, 5.41) is 45.5. The fourth-order valence-electron chi connectivity index (χ4n) is 8.75. The molecule has 8 atom stereocenters. The summed E-state index contributed by atoms with van der Waals surface area (Å²) in [7, 11) is 0. The molecule has 26 nitrogen and oxygen atoms in total. The molecule has 4 aromatic rings. The first-order valence-corrected chi connectivity index (χ1v) is 25.0. The van der Waals surface area contributed by atoms with E-state index in [1.54, 1.807) is 36.5 Å². The monoisotopic (exact) mass is 1060 g/mol. The molecule has 1 saturated heterocycles. The summed E-state index contributed by atoms with van der Waals surface area (Å²) in [4.78, 5) is 144. The number of aromatic amines is 3. The summed E-state index contributed by atoms with van der Waals surface area (Å²) >= 11 is 0. The molecule has 2 aromatic carbocycles. The molecule has 0 spiro atoms.